The number of hydrogen-bond acceptors (Lipinski definition) is 5. The lowest BCUT2D eigenvalue weighted by atomic mass is 9.94. The van der Waals surface area contributed by atoms with Crippen LogP contribution < -0.4 is 5.32 Å². The molecule has 0 bridgehead atoms. The fourth-order valence-corrected chi connectivity index (χ4v) is 6.03. The Hall–Kier alpha value is -1.68. The third-order valence-corrected chi connectivity index (χ3v) is 8.62. The summed E-state index contributed by atoms with van der Waals surface area (Å²) in [5, 5.41) is 3.09. The van der Waals surface area contributed by atoms with Gasteiger partial charge in [-0.1, -0.05) is 18.0 Å². The first-order valence-electron chi connectivity index (χ1n) is 11.2. The van der Waals surface area contributed by atoms with Crippen molar-refractivity contribution in [3.05, 3.63) is 23.2 Å². The molecular formula is C22H33ClN4O4S. The molecule has 2 saturated heterocycles. The number of amides is 2. The van der Waals surface area contributed by atoms with Crippen LogP contribution in [0.2, 0.25) is 5.02 Å². The highest BCUT2D eigenvalue weighted by Gasteiger charge is 2.31. The van der Waals surface area contributed by atoms with E-state index < -0.39 is 16.1 Å². The second-order valence-corrected chi connectivity index (χ2v) is 11.2. The molecule has 8 nitrogen and oxygen atoms in total. The molecule has 1 N–H and O–H groups in total. The summed E-state index contributed by atoms with van der Waals surface area (Å²) in [7, 11) is -0.106. The van der Waals surface area contributed by atoms with Crippen molar-refractivity contribution < 1.29 is 18.0 Å². The molecule has 1 aromatic carbocycles. The molecule has 2 heterocycles. The molecule has 3 rings (SSSR count). The van der Waals surface area contributed by atoms with Crippen LogP contribution in [0, 0.1) is 5.92 Å². The standard InChI is InChI=1S/C22H33ClN4O4S/c1-16(26-13-9-17(10-14-26)22(29)25(2)3)21(28)24-20-15-18(7-8-19(20)23)32(30,31)27-11-5-4-6-12-27/h7-8,15-17H,4-6,9-14H2,1-3H3,(H,24,28)/t16-/m1/s1. The molecule has 0 unspecified atom stereocenters. The average molecular weight is 485 g/mol. The van der Waals surface area contributed by atoms with Crippen molar-refractivity contribution in [2.45, 2.75) is 50.0 Å². The lowest BCUT2D eigenvalue weighted by molar-refractivity contribution is -0.134. The van der Waals surface area contributed by atoms with Gasteiger partial charge in [0.05, 0.1) is 21.6 Å². The van der Waals surface area contributed by atoms with Crippen molar-refractivity contribution in [2.24, 2.45) is 5.92 Å². The van der Waals surface area contributed by atoms with Crippen LogP contribution in [0.15, 0.2) is 23.1 Å². The van der Waals surface area contributed by atoms with Crippen LogP contribution in [0.25, 0.3) is 0 Å². The Labute approximate surface area is 195 Å². The molecule has 10 heteroatoms. The molecule has 2 aliphatic heterocycles. The van der Waals surface area contributed by atoms with Gasteiger partial charge in [-0.25, -0.2) is 8.42 Å². The first-order valence-corrected chi connectivity index (χ1v) is 13.0. The molecule has 1 atom stereocenters. The smallest absolute Gasteiger partial charge is 0.243 e. The van der Waals surface area contributed by atoms with E-state index in [-0.39, 0.29) is 22.6 Å². The number of halogens is 1. The number of benzene rings is 1. The van der Waals surface area contributed by atoms with Crippen LogP contribution in [0.4, 0.5) is 5.69 Å². The van der Waals surface area contributed by atoms with E-state index in [2.05, 4.69) is 5.32 Å². The predicted molar refractivity (Wildman–Crippen MR) is 125 cm³/mol. The normalized spacial score (nSPS) is 20.0. The monoisotopic (exact) mass is 484 g/mol. The summed E-state index contributed by atoms with van der Waals surface area (Å²) in [4.78, 5) is 28.9. The van der Waals surface area contributed by atoms with Crippen LogP contribution in [-0.2, 0) is 19.6 Å². The van der Waals surface area contributed by atoms with Crippen LogP contribution >= 0.6 is 11.6 Å². The first-order chi connectivity index (χ1) is 15.1. The second kappa shape index (κ2) is 10.5. The summed E-state index contributed by atoms with van der Waals surface area (Å²) in [6, 6.07) is 4.01. The highest BCUT2D eigenvalue weighted by Crippen LogP contribution is 2.29. The molecule has 0 radical (unpaired) electrons. The highest BCUT2D eigenvalue weighted by atomic mass is 35.5. The molecule has 2 fully saturated rings. The van der Waals surface area contributed by atoms with Crippen molar-refractivity contribution in [1.82, 2.24) is 14.1 Å². The van der Waals surface area contributed by atoms with Gasteiger partial charge in [0, 0.05) is 33.1 Å². The molecule has 0 spiro atoms. The van der Waals surface area contributed by atoms with Crippen LogP contribution in [0.5, 0.6) is 0 Å². The van der Waals surface area contributed by atoms with Crippen molar-refractivity contribution >= 4 is 39.1 Å². The first kappa shape index (κ1) is 25.0. The van der Waals surface area contributed by atoms with Crippen molar-refractivity contribution in [3.63, 3.8) is 0 Å². The quantitative estimate of drug-likeness (QED) is 0.670. The maximum atomic E-state index is 13.0. The summed E-state index contributed by atoms with van der Waals surface area (Å²) in [5.41, 5.74) is 0.291. The van der Waals surface area contributed by atoms with E-state index in [0.717, 1.165) is 19.3 Å². The molecule has 2 amide bonds. The molecule has 1 aromatic rings. The van der Waals surface area contributed by atoms with Gasteiger partial charge in [0.15, 0.2) is 0 Å². The van der Waals surface area contributed by atoms with E-state index >= 15 is 0 Å². The van der Waals surface area contributed by atoms with Gasteiger partial charge < -0.3 is 10.2 Å². The SMILES string of the molecule is C[C@H](C(=O)Nc1cc(S(=O)(=O)N2CCCCC2)ccc1Cl)N1CCC(C(=O)N(C)C)CC1. The number of hydrogen-bond donors (Lipinski definition) is 1. The average Bonchev–Trinajstić information content (AvgIpc) is 2.80. The summed E-state index contributed by atoms with van der Waals surface area (Å²) in [5.74, 6) is -0.139. The van der Waals surface area contributed by atoms with E-state index in [9.17, 15) is 18.0 Å². The van der Waals surface area contributed by atoms with E-state index in [1.807, 2.05) is 11.8 Å². The Balaban J connectivity index is 1.66. The van der Waals surface area contributed by atoms with Gasteiger partial charge in [0.2, 0.25) is 21.8 Å². The topological polar surface area (TPSA) is 90.0 Å². The Kier molecular flexibility index (Phi) is 8.19. The van der Waals surface area contributed by atoms with E-state index in [1.165, 1.54) is 22.5 Å². The van der Waals surface area contributed by atoms with E-state index in [0.29, 0.717) is 49.7 Å². The van der Waals surface area contributed by atoms with Crippen LogP contribution in [0.3, 0.4) is 0 Å². The van der Waals surface area contributed by atoms with Crippen molar-refractivity contribution in [1.29, 1.82) is 0 Å². The van der Waals surface area contributed by atoms with Gasteiger partial charge >= 0.3 is 0 Å². The lowest BCUT2D eigenvalue weighted by Gasteiger charge is -2.35. The molecule has 32 heavy (non-hydrogen) atoms. The van der Waals surface area contributed by atoms with Crippen LogP contribution in [0.1, 0.15) is 39.0 Å². The number of likely N-dealkylation sites (tertiary alicyclic amines) is 1. The number of anilines is 1. The number of nitrogens with one attached hydrogen (secondary N) is 1. The van der Waals surface area contributed by atoms with Gasteiger partial charge in [-0.3, -0.25) is 14.5 Å². The maximum Gasteiger partial charge on any atom is 0.243 e. The Morgan fingerprint density at radius 3 is 2.31 bits per heavy atom. The largest absolute Gasteiger partial charge is 0.349 e. The fraction of sp³-hybridized carbons (Fsp3) is 0.636. The molecule has 0 saturated carbocycles. The third-order valence-electron chi connectivity index (χ3n) is 6.40. The Morgan fingerprint density at radius 2 is 1.72 bits per heavy atom. The highest BCUT2D eigenvalue weighted by molar-refractivity contribution is 7.89. The minimum atomic E-state index is -3.62. The predicted octanol–water partition coefficient (Wildman–Crippen LogP) is 2.64. The fourth-order valence-electron chi connectivity index (χ4n) is 4.32. The number of piperidine rings is 2. The lowest BCUT2D eigenvalue weighted by Crippen LogP contribution is -2.48. The summed E-state index contributed by atoms with van der Waals surface area (Å²) < 4.78 is 27.5. The molecule has 0 aliphatic carbocycles. The van der Waals surface area contributed by atoms with Gasteiger partial charge in [0.1, 0.15) is 0 Å². The molecule has 178 valence electrons. The number of rotatable bonds is 6. The number of nitrogens with zero attached hydrogens (tertiary/aromatic N) is 3. The zero-order valence-electron chi connectivity index (χ0n) is 19.0. The molecular weight excluding hydrogens is 452 g/mol. The molecule has 2 aliphatic rings. The second-order valence-electron chi connectivity index (χ2n) is 8.81. The number of sulfonamides is 1. The van der Waals surface area contributed by atoms with Gasteiger partial charge in [-0.15, -0.1) is 0 Å². The van der Waals surface area contributed by atoms with Gasteiger partial charge in [-0.2, -0.15) is 4.31 Å². The maximum absolute atomic E-state index is 13.0. The zero-order chi connectivity index (χ0) is 23.5. The van der Waals surface area contributed by atoms with Crippen molar-refractivity contribution in [3.8, 4) is 0 Å². The minimum absolute atomic E-state index is 0.0115. The summed E-state index contributed by atoms with van der Waals surface area (Å²) in [6.45, 7) is 4.13. The zero-order valence-corrected chi connectivity index (χ0v) is 20.6. The summed E-state index contributed by atoms with van der Waals surface area (Å²) >= 11 is 6.27. The van der Waals surface area contributed by atoms with Gasteiger partial charge in [-0.05, 0) is 63.9 Å². The Bertz CT molecular complexity index is 939. The third kappa shape index (κ3) is 5.62. The summed E-state index contributed by atoms with van der Waals surface area (Å²) in [6.07, 6.45) is 4.15. The van der Waals surface area contributed by atoms with Crippen LogP contribution in [-0.4, -0.2) is 80.7 Å². The number of carbonyl (C=O) groups excluding carboxylic acids is 2. The van der Waals surface area contributed by atoms with Crippen molar-refractivity contribution in [2.75, 3.05) is 45.6 Å². The minimum Gasteiger partial charge on any atom is -0.349 e. The molecule has 0 aromatic heterocycles. The van der Waals surface area contributed by atoms with Gasteiger partial charge in [0.25, 0.3) is 0 Å². The Morgan fingerprint density at radius 1 is 1.09 bits per heavy atom. The van der Waals surface area contributed by atoms with E-state index in [1.54, 1.807) is 19.0 Å². The van der Waals surface area contributed by atoms with E-state index in [4.69, 9.17) is 11.6 Å². The number of carbonyl (C=O) groups is 2.